The molecular weight excluding hydrogens is 318 g/mol. The number of rotatable bonds is 8. The van der Waals surface area contributed by atoms with Crippen LogP contribution < -0.4 is 0 Å². The van der Waals surface area contributed by atoms with Crippen molar-refractivity contribution in [2.75, 3.05) is 0 Å². The van der Waals surface area contributed by atoms with E-state index >= 15 is 0 Å². The van der Waals surface area contributed by atoms with E-state index in [4.69, 9.17) is 0 Å². The summed E-state index contributed by atoms with van der Waals surface area (Å²) in [4.78, 5) is 33.9. The third kappa shape index (κ3) is 5.35. The number of carbonyl (C=O) groups is 2. The highest BCUT2D eigenvalue weighted by atomic mass is 16.1. The molecule has 0 radical (unpaired) electrons. The molecule has 0 atom stereocenters. The molecule has 7 heteroatoms. The summed E-state index contributed by atoms with van der Waals surface area (Å²) in [6.45, 7) is 11.4. The van der Waals surface area contributed by atoms with Gasteiger partial charge in [-0.3, -0.25) is 14.5 Å². The smallest absolute Gasteiger partial charge is 0.149 e. The van der Waals surface area contributed by atoms with Crippen LogP contribution in [0.2, 0.25) is 0 Å². The summed E-state index contributed by atoms with van der Waals surface area (Å²) in [7, 11) is 0. The highest BCUT2D eigenvalue weighted by molar-refractivity contribution is 5.75. The minimum atomic E-state index is -0.125. The first-order valence-corrected chi connectivity index (χ1v) is 8.40. The Morgan fingerprint density at radius 2 is 1.32 bits per heavy atom. The van der Waals surface area contributed by atoms with Crippen LogP contribution in [0.4, 0.5) is 0 Å². The van der Waals surface area contributed by atoms with Gasteiger partial charge in [0.15, 0.2) is 0 Å². The van der Waals surface area contributed by atoms with Crippen molar-refractivity contribution in [3.05, 3.63) is 36.4 Å². The van der Waals surface area contributed by atoms with Crippen molar-refractivity contribution in [1.82, 2.24) is 24.0 Å². The highest BCUT2D eigenvalue weighted by Gasteiger charge is 2.25. The van der Waals surface area contributed by atoms with Crippen LogP contribution in [0.5, 0.6) is 0 Å². The second-order valence-corrected chi connectivity index (χ2v) is 7.37. The molecule has 7 nitrogen and oxygen atoms in total. The molecule has 0 saturated heterocycles. The molecule has 2 heterocycles. The zero-order chi connectivity index (χ0) is 18.6. The molecule has 0 N–H and O–H groups in total. The van der Waals surface area contributed by atoms with Gasteiger partial charge in [-0.2, -0.15) is 0 Å². The third-order valence-electron chi connectivity index (χ3n) is 4.00. The summed E-state index contributed by atoms with van der Waals surface area (Å²) >= 11 is 0. The molecule has 0 aliphatic heterocycles. The van der Waals surface area contributed by atoms with E-state index in [1.807, 2.05) is 21.5 Å². The Morgan fingerprint density at radius 3 is 1.64 bits per heavy atom. The van der Waals surface area contributed by atoms with Gasteiger partial charge in [0.2, 0.25) is 0 Å². The number of ketones is 2. The minimum Gasteiger partial charge on any atom is -0.326 e. The molecule has 0 unspecified atom stereocenters. The van der Waals surface area contributed by atoms with E-state index in [-0.39, 0.29) is 17.1 Å². The Labute approximate surface area is 148 Å². The van der Waals surface area contributed by atoms with Crippen LogP contribution in [0.3, 0.4) is 0 Å². The number of hydrogen-bond acceptors (Lipinski definition) is 5. The van der Waals surface area contributed by atoms with Crippen molar-refractivity contribution in [1.29, 1.82) is 0 Å². The Morgan fingerprint density at radius 1 is 0.920 bits per heavy atom. The molecule has 136 valence electrons. The summed E-state index contributed by atoms with van der Waals surface area (Å²) in [5.74, 6) is 1.88. The number of carbonyl (C=O) groups excluding carboxylic acids is 2. The normalized spacial score (nSPS) is 11.9. The van der Waals surface area contributed by atoms with E-state index in [2.05, 4.69) is 35.6 Å². The topological polar surface area (TPSA) is 73.0 Å². The van der Waals surface area contributed by atoms with Gasteiger partial charge in [0, 0.05) is 30.3 Å². The lowest BCUT2D eigenvalue weighted by molar-refractivity contribution is -0.118. The maximum Gasteiger partial charge on any atom is 0.149 e. The second kappa shape index (κ2) is 7.74. The van der Waals surface area contributed by atoms with Gasteiger partial charge in [-0.1, -0.05) is 0 Å². The lowest BCUT2D eigenvalue weighted by Gasteiger charge is -2.35. The first-order valence-electron chi connectivity index (χ1n) is 8.40. The van der Waals surface area contributed by atoms with Gasteiger partial charge in [-0.05, 0) is 34.6 Å². The SMILES string of the molecule is CC(=O)Cn1ccnc1CN(Cc1nccn1CC(C)=O)C(C)(C)C. The Balaban J connectivity index is 2.21. The zero-order valence-corrected chi connectivity index (χ0v) is 15.7. The van der Waals surface area contributed by atoms with E-state index in [1.54, 1.807) is 26.2 Å². The van der Waals surface area contributed by atoms with Gasteiger partial charge in [-0.15, -0.1) is 0 Å². The predicted molar refractivity (Wildman–Crippen MR) is 94.8 cm³/mol. The molecule has 25 heavy (non-hydrogen) atoms. The minimum absolute atomic E-state index is 0.0959. The maximum absolute atomic E-state index is 11.4. The summed E-state index contributed by atoms with van der Waals surface area (Å²) in [5, 5.41) is 0. The first-order chi connectivity index (χ1) is 11.7. The molecule has 0 aliphatic rings. The van der Waals surface area contributed by atoms with Crippen LogP contribution in [0, 0.1) is 0 Å². The summed E-state index contributed by atoms with van der Waals surface area (Å²) in [5.41, 5.74) is -0.125. The fourth-order valence-electron chi connectivity index (χ4n) is 2.62. The van der Waals surface area contributed by atoms with Gasteiger partial charge in [0.1, 0.15) is 23.2 Å². The zero-order valence-electron chi connectivity index (χ0n) is 15.7. The van der Waals surface area contributed by atoms with Crippen molar-refractivity contribution >= 4 is 11.6 Å². The van der Waals surface area contributed by atoms with E-state index in [1.165, 1.54) is 0 Å². The van der Waals surface area contributed by atoms with E-state index < -0.39 is 0 Å². The molecule has 2 aromatic heterocycles. The summed E-state index contributed by atoms with van der Waals surface area (Å²) in [6, 6.07) is 0. The molecule has 0 bridgehead atoms. The summed E-state index contributed by atoms with van der Waals surface area (Å²) in [6.07, 6.45) is 7.09. The van der Waals surface area contributed by atoms with E-state index in [0.29, 0.717) is 26.2 Å². The number of aromatic nitrogens is 4. The van der Waals surface area contributed by atoms with Crippen LogP contribution in [0.15, 0.2) is 24.8 Å². The monoisotopic (exact) mass is 345 g/mol. The molecule has 2 aromatic rings. The van der Waals surface area contributed by atoms with Crippen LogP contribution >= 0.6 is 0 Å². The van der Waals surface area contributed by atoms with Crippen LogP contribution in [-0.2, 0) is 35.8 Å². The lowest BCUT2D eigenvalue weighted by Crippen LogP contribution is -2.41. The quantitative estimate of drug-likeness (QED) is 0.732. The predicted octanol–water partition coefficient (Wildman–Crippen LogP) is 2.06. The van der Waals surface area contributed by atoms with Crippen molar-refractivity contribution in [3.8, 4) is 0 Å². The molecule has 0 fully saturated rings. The molecular formula is C18H27N5O2. The molecule has 0 amide bonds. The van der Waals surface area contributed by atoms with E-state index in [9.17, 15) is 9.59 Å². The largest absolute Gasteiger partial charge is 0.326 e. The van der Waals surface area contributed by atoms with Gasteiger partial charge in [0.25, 0.3) is 0 Å². The fraction of sp³-hybridized carbons (Fsp3) is 0.556. The van der Waals surface area contributed by atoms with Gasteiger partial charge < -0.3 is 9.13 Å². The molecule has 0 aromatic carbocycles. The van der Waals surface area contributed by atoms with Crippen LogP contribution in [0.25, 0.3) is 0 Å². The van der Waals surface area contributed by atoms with Gasteiger partial charge in [-0.25, -0.2) is 9.97 Å². The summed E-state index contributed by atoms with van der Waals surface area (Å²) < 4.78 is 3.76. The Kier molecular flexibility index (Phi) is 5.89. The highest BCUT2D eigenvalue weighted by Crippen LogP contribution is 2.20. The average Bonchev–Trinajstić information content (AvgIpc) is 3.06. The van der Waals surface area contributed by atoms with E-state index in [0.717, 1.165) is 11.6 Å². The van der Waals surface area contributed by atoms with Gasteiger partial charge in [0.05, 0.1) is 26.2 Å². The van der Waals surface area contributed by atoms with Crippen molar-refractivity contribution in [2.24, 2.45) is 0 Å². The van der Waals surface area contributed by atoms with Crippen LogP contribution in [-0.4, -0.2) is 41.1 Å². The Hall–Kier alpha value is -2.28. The number of Topliss-reactive ketones (excluding diaryl/α,β-unsaturated/α-hetero) is 2. The molecule has 0 aliphatic carbocycles. The molecule has 2 rings (SSSR count). The molecule has 0 spiro atoms. The van der Waals surface area contributed by atoms with Crippen molar-refractivity contribution in [2.45, 2.75) is 66.3 Å². The lowest BCUT2D eigenvalue weighted by atomic mass is 10.1. The third-order valence-corrected chi connectivity index (χ3v) is 4.00. The Bertz CT molecular complexity index is 682. The number of hydrogen-bond donors (Lipinski definition) is 0. The number of imidazole rings is 2. The molecule has 0 saturated carbocycles. The van der Waals surface area contributed by atoms with Crippen molar-refractivity contribution < 1.29 is 9.59 Å². The average molecular weight is 345 g/mol. The van der Waals surface area contributed by atoms with Crippen LogP contribution in [0.1, 0.15) is 46.3 Å². The first kappa shape index (κ1) is 19.1. The van der Waals surface area contributed by atoms with Crippen molar-refractivity contribution in [3.63, 3.8) is 0 Å². The standard InChI is InChI=1S/C18H27N5O2/c1-14(24)10-21-8-6-19-16(21)12-23(18(3,4)5)13-17-20-7-9-22(17)11-15(2)25/h6-9H,10-13H2,1-5H3. The van der Waals surface area contributed by atoms with Gasteiger partial charge >= 0.3 is 0 Å². The second-order valence-electron chi connectivity index (χ2n) is 7.37. The number of nitrogens with zero attached hydrogens (tertiary/aromatic N) is 5. The fourth-order valence-corrected chi connectivity index (χ4v) is 2.62. The maximum atomic E-state index is 11.4.